The summed E-state index contributed by atoms with van der Waals surface area (Å²) in [5.41, 5.74) is 2.48. The van der Waals surface area contributed by atoms with Gasteiger partial charge in [0.25, 0.3) is 5.91 Å². The molecule has 0 spiro atoms. The van der Waals surface area contributed by atoms with Gasteiger partial charge in [-0.05, 0) is 38.0 Å². The van der Waals surface area contributed by atoms with Gasteiger partial charge in [-0.15, -0.1) is 0 Å². The average Bonchev–Trinajstić information content (AvgIpc) is 2.54. The van der Waals surface area contributed by atoms with Crippen LogP contribution in [0.1, 0.15) is 41.6 Å². The van der Waals surface area contributed by atoms with Crippen LogP contribution in [0.15, 0.2) is 28.7 Å². The number of rotatable bonds is 6. The predicted molar refractivity (Wildman–Crippen MR) is 101 cm³/mol. The summed E-state index contributed by atoms with van der Waals surface area (Å²) in [6.45, 7) is 6.66. The second kappa shape index (κ2) is 8.24. The normalized spacial score (nSPS) is 10.5. The van der Waals surface area contributed by atoms with E-state index in [1.165, 1.54) is 0 Å². The number of carbonyl (C=O) groups is 1. The molecule has 0 saturated heterocycles. The van der Waals surface area contributed by atoms with Crippen molar-refractivity contribution in [3.05, 3.63) is 45.8 Å². The fourth-order valence-corrected chi connectivity index (χ4v) is 2.63. The molecule has 1 heterocycles. The quantitative estimate of drug-likeness (QED) is 0.789. The summed E-state index contributed by atoms with van der Waals surface area (Å²) in [6.07, 6.45) is 2.03. The van der Waals surface area contributed by atoms with Gasteiger partial charge in [0, 0.05) is 29.8 Å². The SMILES string of the molecule is CCCCN(C)C(=O)c1cc(Nc2ccc(C)c(Br)c2)nc(C)n1. The van der Waals surface area contributed by atoms with Crippen molar-refractivity contribution in [1.29, 1.82) is 0 Å². The summed E-state index contributed by atoms with van der Waals surface area (Å²) in [4.78, 5) is 22.9. The third-order valence-electron chi connectivity index (χ3n) is 3.70. The van der Waals surface area contributed by atoms with Gasteiger partial charge in [0.15, 0.2) is 0 Å². The molecule has 1 aromatic carbocycles. The molecule has 1 amide bonds. The highest BCUT2D eigenvalue weighted by atomic mass is 79.9. The Bertz CT molecular complexity index is 733. The van der Waals surface area contributed by atoms with E-state index in [1.54, 1.807) is 24.9 Å². The van der Waals surface area contributed by atoms with E-state index in [4.69, 9.17) is 0 Å². The number of halogens is 1. The molecular formula is C18H23BrN4O. The fraction of sp³-hybridized carbons (Fsp3) is 0.389. The Morgan fingerprint density at radius 1 is 1.25 bits per heavy atom. The Kier molecular flexibility index (Phi) is 6.31. The summed E-state index contributed by atoms with van der Waals surface area (Å²) >= 11 is 3.52. The van der Waals surface area contributed by atoms with Gasteiger partial charge < -0.3 is 10.2 Å². The molecule has 0 aliphatic rings. The van der Waals surface area contributed by atoms with Crippen LogP contribution in [0, 0.1) is 13.8 Å². The Morgan fingerprint density at radius 2 is 2.00 bits per heavy atom. The molecule has 1 aromatic heterocycles. The minimum absolute atomic E-state index is 0.0814. The highest BCUT2D eigenvalue weighted by Gasteiger charge is 2.15. The molecule has 0 aliphatic carbocycles. The summed E-state index contributed by atoms with van der Waals surface area (Å²) in [6, 6.07) is 7.69. The first-order chi connectivity index (χ1) is 11.4. The first-order valence-corrected chi connectivity index (χ1v) is 8.84. The molecule has 0 unspecified atom stereocenters. The molecule has 0 radical (unpaired) electrons. The number of nitrogens with zero attached hydrogens (tertiary/aromatic N) is 3. The first kappa shape index (κ1) is 18.4. The smallest absolute Gasteiger partial charge is 0.272 e. The van der Waals surface area contributed by atoms with Gasteiger partial charge in [-0.3, -0.25) is 4.79 Å². The maximum Gasteiger partial charge on any atom is 0.272 e. The summed E-state index contributed by atoms with van der Waals surface area (Å²) in [5.74, 6) is 1.10. The second-order valence-corrected chi connectivity index (χ2v) is 6.71. The van der Waals surface area contributed by atoms with Crippen LogP contribution in [0.2, 0.25) is 0 Å². The lowest BCUT2D eigenvalue weighted by molar-refractivity contribution is 0.0787. The van der Waals surface area contributed by atoms with Gasteiger partial charge in [-0.25, -0.2) is 9.97 Å². The lowest BCUT2D eigenvalue weighted by Crippen LogP contribution is -2.28. The van der Waals surface area contributed by atoms with Gasteiger partial charge in [-0.2, -0.15) is 0 Å². The lowest BCUT2D eigenvalue weighted by Gasteiger charge is -2.17. The van der Waals surface area contributed by atoms with E-state index in [0.717, 1.165) is 35.1 Å². The van der Waals surface area contributed by atoms with E-state index in [2.05, 4.69) is 38.1 Å². The Hall–Kier alpha value is -1.95. The number of carbonyl (C=O) groups excluding carboxylic acids is 1. The zero-order valence-corrected chi connectivity index (χ0v) is 16.1. The molecule has 2 rings (SSSR count). The molecule has 0 aliphatic heterocycles. The van der Waals surface area contributed by atoms with Crippen molar-refractivity contribution in [2.75, 3.05) is 18.9 Å². The van der Waals surface area contributed by atoms with E-state index >= 15 is 0 Å². The number of aryl methyl sites for hydroxylation is 2. The molecule has 5 nitrogen and oxygen atoms in total. The third kappa shape index (κ3) is 4.77. The Morgan fingerprint density at radius 3 is 2.67 bits per heavy atom. The van der Waals surface area contributed by atoms with Gasteiger partial charge in [0.05, 0.1) is 0 Å². The summed E-state index contributed by atoms with van der Waals surface area (Å²) in [5, 5.41) is 3.24. The largest absolute Gasteiger partial charge is 0.340 e. The van der Waals surface area contributed by atoms with Crippen molar-refractivity contribution in [2.24, 2.45) is 0 Å². The molecule has 2 aromatic rings. The van der Waals surface area contributed by atoms with Crippen LogP contribution in [-0.2, 0) is 0 Å². The van der Waals surface area contributed by atoms with Gasteiger partial charge in [0.2, 0.25) is 0 Å². The fourth-order valence-electron chi connectivity index (χ4n) is 2.25. The van der Waals surface area contributed by atoms with Crippen molar-refractivity contribution in [3.8, 4) is 0 Å². The number of nitrogens with one attached hydrogen (secondary N) is 1. The molecule has 0 atom stereocenters. The molecule has 1 N–H and O–H groups in total. The number of aromatic nitrogens is 2. The number of hydrogen-bond donors (Lipinski definition) is 1. The Balaban J connectivity index is 2.21. The van der Waals surface area contributed by atoms with Crippen molar-refractivity contribution < 1.29 is 4.79 Å². The standard InChI is InChI=1S/C18H23BrN4O/c1-5-6-9-23(4)18(24)16-11-17(21-13(3)20-16)22-14-8-7-12(2)15(19)10-14/h7-8,10-11H,5-6,9H2,1-4H3,(H,20,21,22). The number of unbranched alkanes of at least 4 members (excludes halogenated alkanes) is 1. The monoisotopic (exact) mass is 390 g/mol. The van der Waals surface area contributed by atoms with E-state index in [-0.39, 0.29) is 5.91 Å². The summed E-state index contributed by atoms with van der Waals surface area (Å²) < 4.78 is 1.02. The number of amides is 1. The minimum Gasteiger partial charge on any atom is -0.340 e. The van der Waals surface area contributed by atoms with Crippen LogP contribution in [0.4, 0.5) is 11.5 Å². The van der Waals surface area contributed by atoms with Crippen LogP contribution in [-0.4, -0.2) is 34.4 Å². The maximum absolute atomic E-state index is 12.5. The predicted octanol–water partition coefficient (Wildman–Crippen LogP) is 4.47. The molecule has 0 bridgehead atoms. The van der Waals surface area contributed by atoms with Gasteiger partial charge in [0.1, 0.15) is 17.3 Å². The molecule has 128 valence electrons. The van der Waals surface area contributed by atoms with Crippen LogP contribution in [0.3, 0.4) is 0 Å². The van der Waals surface area contributed by atoms with Gasteiger partial charge >= 0.3 is 0 Å². The maximum atomic E-state index is 12.5. The first-order valence-electron chi connectivity index (χ1n) is 8.05. The molecule has 6 heteroatoms. The average molecular weight is 391 g/mol. The van der Waals surface area contributed by atoms with Crippen molar-refractivity contribution in [1.82, 2.24) is 14.9 Å². The Labute approximate surface area is 151 Å². The molecule has 0 saturated carbocycles. The zero-order valence-electron chi connectivity index (χ0n) is 14.6. The van der Waals surface area contributed by atoms with E-state index in [0.29, 0.717) is 17.3 Å². The van der Waals surface area contributed by atoms with Crippen LogP contribution >= 0.6 is 15.9 Å². The van der Waals surface area contributed by atoms with Crippen LogP contribution in [0.25, 0.3) is 0 Å². The lowest BCUT2D eigenvalue weighted by atomic mass is 10.2. The van der Waals surface area contributed by atoms with E-state index < -0.39 is 0 Å². The minimum atomic E-state index is -0.0814. The highest BCUT2D eigenvalue weighted by Crippen LogP contribution is 2.23. The van der Waals surface area contributed by atoms with Crippen molar-refractivity contribution in [2.45, 2.75) is 33.6 Å². The number of hydrogen-bond acceptors (Lipinski definition) is 4. The zero-order chi connectivity index (χ0) is 17.7. The van der Waals surface area contributed by atoms with Gasteiger partial charge in [-0.1, -0.05) is 35.3 Å². The number of anilines is 2. The highest BCUT2D eigenvalue weighted by molar-refractivity contribution is 9.10. The van der Waals surface area contributed by atoms with E-state index in [9.17, 15) is 4.79 Å². The second-order valence-electron chi connectivity index (χ2n) is 5.85. The number of benzene rings is 1. The van der Waals surface area contributed by atoms with Crippen LogP contribution in [0.5, 0.6) is 0 Å². The topological polar surface area (TPSA) is 58.1 Å². The molecule has 24 heavy (non-hydrogen) atoms. The van der Waals surface area contributed by atoms with Crippen molar-refractivity contribution >= 4 is 33.3 Å². The summed E-state index contributed by atoms with van der Waals surface area (Å²) in [7, 11) is 1.81. The molecule has 0 fully saturated rings. The third-order valence-corrected chi connectivity index (χ3v) is 4.55. The van der Waals surface area contributed by atoms with Crippen LogP contribution < -0.4 is 5.32 Å². The van der Waals surface area contributed by atoms with E-state index in [1.807, 2.05) is 25.1 Å². The molecular weight excluding hydrogens is 368 g/mol. The van der Waals surface area contributed by atoms with Crippen molar-refractivity contribution in [3.63, 3.8) is 0 Å².